The average Bonchev–Trinajstić information content (AvgIpc) is 3.59. The Morgan fingerprint density at radius 3 is 2.54 bits per heavy atom. The Morgan fingerprint density at radius 1 is 0.976 bits per heavy atom. The molecule has 3 heterocycles. The summed E-state index contributed by atoms with van der Waals surface area (Å²) in [5, 5.41) is 5.63. The summed E-state index contributed by atoms with van der Waals surface area (Å²) >= 11 is 3.46. The Bertz CT molecular complexity index is 2160. The van der Waals surface area contributed by atoms with E-state index in [1.165, 1.54) is 23.0 Å². The van der Waals surface area contributed by atoms with Gasteiger partial charge in [0.1, 0.15) is 17.1 Å². The van der Waals surface area contributed by atoms with Crippen molar-refractivity contribution < 1.29 is 22.0 Å². The van der Waals surface area contributed by atoms with Crippen molar-refractivity contribution in [3.05, 3.63) is 106 Å². The zero-order valence-corrected chi connectivity index (χ0v) is 23.6. The van der Waals surface area contributed by atoms with Gasteiger partial charge in [0.15, 0.2) is 5.76 Å². The minimum absolute atomic E-state index is 0.0570. The molecular formula is C29H19BrN4O6S. The van der Waals surface area contributed by atoms with Gasteiger partial charge in [0.25, 0.3) is 15.6 Å². The van der Waals surface area contributed by atoms with Gasteiger partial charge < -0.3 is 8.83 Å². The van der Waals surface area contributed by atoms with Crippen molar-refractivity contribution in [2.45, 2.75) is 11.8 Å². The predicted molar refractivity (Wildman–Crippen MR) is 157 cm³/mol. The van der Waals surface area contributed by atoms with E-state index in [9.17, 15) is 18.0 Å². The number of fused-ring (bicyclic) bond motifs is 2. The van der Waals surface area contributed by atoms with Crippen LogP contribution < -0.4 is 10.3 Å². The second-order valence-electron chi connectivity index (χ2n) is 8.99. The van der Waals surface area contributed by atoms with E-state index in [4.69, 9.17) is 8.83 Å². The monoisotopic (exact) mass is 630 g/mol. The molecule has 0 atom stereocenters. The van der Waals surface area contributed by atoms with E-state index in [0.29, 0.717) is 39.3 Å². The number of halogens is 1. The van der Waals surface area contributed by atoms with Crippen LogP contribution in [0.25, 0.3) is 44.8 Å². The third-order valence-corrected chi connectivity index (χ3v) is 8.05. The first-order chi connectivity index (χ1) is 19.7. The van der Waals surface area contributed by atoms with Crippen molar-refractivity contribution in [2.24, 2.45) is 5.10 Å². The highest BCUT2D eigenvalue weighted by atomic mass is 79.9. The smallest absolute Gasteiger partial charge is 0.282 e. The number of nitrogens with zero attached hydrogens (tertiary/aromatic N) is 3. The van der Waals surface area contributed by atoms with E-state index in [2.05, 4.69) is 26.0 Å². The van der Waals surface area contributed by atoms with Gasteiger partial charge in [0, 0.05) is 22.3 Å². The fourth-order valence-corrected chi connectivity index (χ4v) is 5.62. The van der Waals surface area contributed by atoms with E-state index in [1.54, 1.807) is 54.6 Å². The van der Waals surface area contributed by atoms with Crippen LogP contribution in [0.3, 0.4) is 0 Å². The van der Waals surface area contributed by atoms with E-state index >= 15 is 0 Å². The molecule has 204 valence electrons. The van der Waals surface area contributed by atoms with Gasteiger partial charge in [-0.15, -0.1) is 0 Å². The number of benzene rings is 3. The second-order valence-corrected chi connectivity index (χ2v) is 11.6. The van der Waals surface area contributed by atoms with Gasteiger partial charge >= 0.3 is 0 Å². The zero-order valence-electron chi connectivity index (χ0n) is 21.2. The molecular weight excluding hydrogens is 612 g/mol. The minimum Gasteiger partial charge on any atom is -0.455 e. The largest absolute Gasteiger partial charge is 0.455 e. The van der Waals surface area contributed by atoms with Crippen LogP contribution in [-0.4, -0.2) is 30.2 Å². The summed E-state index contributed by atoms with van der Waals surface area (Å²) in [4.78, 5) is 29.3. The summed E-state index contributed by atoms with van der Waals surface area (Å²) < 4.78 is 40.3. The normalized spacial score (nSPS) is 12.0. The molecule has 0 unspecified atom stereocenters. The van der Waals surface area contributed by atoms with Crippen LogP contribution in [0.2, 0.25) is 0 Å². The molecule has 0 saturated heterocycles. The molecule has 0 aliphatic carbocycles. The molecule has 6 aromatic rings. The van der Waals surface area contributed by atoms with Crippen LogP contribution in [0.5, 0.6) is 0 Å². The number of hydrogen-bond donors (Lipinski definition) is 1. The topological polar surface area (TPSA) is 137 Å². The number of amides is 1. The van der Waals surface area contributed by atoms with Crippen LogP contribution in [0.1, 0.15) is 12.7 Å². The van der Waals surface area contributed by atoms with Crippen molar-refractivity contribution >= 4 is 59.9 Å². The molecule has 41 heavy (non-hydrogen) atoms. The fraction of sp³-hybridized carbons (Fsp3) is 0.0345. The van der Waals surface area contributed by atoms with Crippen LogP contribution in [0.4, 0.5) is 0 Å². The van der Waals surface area contributed by atoms with Gasteiger partial charge in [-0.05, 0) is 72.8 Å². The summed E-state index contributed by atoms with van der Waals surface area (Å²) in [6.45, 7) is 1.12. The van der Waals surface area contributed by atoms with Crippen molar-refractivity contribution in [2.75, 3.05) is 0 Å². The number of para-hydroxylation sites is 1. The highest BCUT2D eigenvalue weighted by molar-refractivity contribution is 9.10. The Balaban J connectivity index is 1.36. The number of carbonyl (C=O) groups is 1. The molecule has 0 saturated carbocycles. The highest BCUT2D eigenvalue weighted by Crippen LogP contribution is 2.29. The summed E-state index contributed by atoms with van der Waals surface area (Å²) in [6, 6.07) is 23.6. The highest BCUT2D eigenvalue weighted by Gasteiger charge is 2.18. The zero-order chi connectivity index (χ0) is 28.7. The number of aromatic nitrogens is 2. The Kier molecular flexibility index (Phi) is 6.64. The van der Waals surface area contributed by atoms with Crippen molar-refractivity contribution in [3.63, 3.8) is 0 Å². The maximum Gasteiger partial charge on any atom is 0.282 e. The fourth-order valence-electron chi connectivity index (χ4n) is 4.25. The lowest BCUT2D eigenvalue weighted by Gasteiger charge is -2.07. The molecule has 10 nitrogen and oxygen atoms in total. The summed E-state index contributed by atoms with van der Waals surface area (Å²) in [5.41, 5.74) is 1.36. The van der Waals surface area contributed by atoms with E-state index in [0.717, 1.165) is 16.8 Å². The first-order valence-electron chi connectivity index (χ1n) is 12.2. The van der Waals surface area contributed by atoms with E-state index in [1.807, 2.05) is 22.9 Å². The van der Waals surface area contributed by atoms with E-state index < -0.39 is 15.9 Å². The van der Waals surface area contributed by atoms with Crippen LogP contribution in [0, 0.1) is 0 Å². The molecule has 6 rings (SSSR count). The molecule has 12 heteroatoms. The Labute approximate surface area is 241 Å². The van der Waals surface area contributed by atoms with Crippen molar-refractivity contribution in [1.82, 2.24) is 14.4 Å². The lowest BCUT2D eigenvalue weighted by molar-refractivity contribution is -0.117. The van der Waals surface area contributed by atoms with Gasteiger partial charge in [-0.3, -0.25) is 9.59 Å². The maximum absolute atomic E-state index is 13.5. The molecule has 0 fully saturated rings. The quantitative estimate of drug-likeness (QED) is 0.239. The molecule has 0 aliphatic heterocycles. The lowest BCUT2D eigenvalue weighted by atomic mass is 10.2. The van der Waals surface area contributed by atoms with Gasteiger partial charge in [0.2, 0.25) is 11.7 Å². The first kappa shape index (κ1) is 26.4. The Hall–Kier alpha value is -4.81. The van der Waals surface area contributed by atoms with Crippen molar-refractivity contribution in [1.29, 1.82) is 0 Å². The minimum atomic E-state index is -3.95. The van der Waals surface area contributed by atoms with Gasteiger partial charge in [0.05, 0.1) is 22.0 Å². The molecule has 3 aromatic heterocycles. The van der Waals surface area contributed by atoms with E-state index in [-0.39, 0.29) is 16.3 Å². The van der Waals surface area contributed by atoms with Crippen LogP contribution in [0.15, 0.2) is 113 Å². The summed E-state index contributed by atoms with van der Waals surface area (Å²) in [7, 11) is -3.95. The maximum atomic E-state index is 13.5. The molecule has 0 radical (unpaired) electrons. The number of rotatable bonds is 6. The third-order valence-electron chi connectivity index (χ3n) is 6.11. The predicted octanol–water partition coefficient (Wildman–Crippen LogP) is 5.54. The molecule has 0 aliphatic rings. The Morgan fingerprint density at radius 2 is 1.76 bits per heavy atom. The molecule has 0 bridgehead atoms. The molecule has 1 amide bonds. The van der Waals surface area contributed by atoms with Crippen LogP contribution in [-0.2, 0) is 14.8 Å². The standard InChI is InChI=1S/C29H19BrN4O6S/c1-17(35)33-41(37,38)22-10-6-18(7-11-22)25-13-9-21(39-25)16-31-34-28(32-24-5-3-2-4-23(24)29(34)36)27-15-19-14-20(30)8-12-26(19)40-27/h2-16H,1H3,(H,33,35). The van der Waals surface area contributed by atoms with Crippen molar-refractivity contribution in [3.8, 4) is 22.9 Å². The molecule has 1 N–H and O–H groups in total. The SMILES string of the molecule is CC(=O)NS(=O)(=O)c1ccc(-c2ccc(C=Nn3c(-c4cc5cc(Br)ccc5o4)nc4ccccc4c3=O)o2)cc1. The molecule has 0 spiro atoms. The van der Waals surface area contributed by atoms with Gasteiger partial charge in [-0.25, -0.2) is 18.1 Å². The number of hydrogen-bond acceptors (Lipinski definition) is 8. The third kappa shape index (κ3) is 5.22. The number of nitrogens with one attached hydrogen (secondary N) is 1. The van der Waals surface area contributed by atoms with Gasteiger partial charge in [-0.2, -0.15) is 9.78 Å². The number of carbonyl (C=O) groups excluding carboxylic acids is 1. The average molecular weight is 631 g/mol. The molecule has 3 aromatic carbocycles. The van der Waals surface area contributed by atoms with Gasteiger partial charge in [-0.1, -0.05) is 28.1 Å². The lowest BCUT2D eigenvalue weighted by Crippen LogP contribution is -2.28. The first-order valence-corrected chi connectivity index (χ1v) is 14.4. The second kappa shape index (κ2) is 10.3. The summed E-state index contributed by atoms with van der Waals surface area (Å²) in [6.07, 6.45) is 1.39. The number of furan rings is 2. The summed E-state index contributed by atoms with van der Waals surface area (Å²) in [5.74, 6) is 0.699. The number of sulfonamides is 1. The van der Waals surface area contributed by atoms with Crippen LogP contribution >= 0.6 is 15.9 Å².